The van der Waals surface area contributed by atoms with Crippen molar-refractivity contribution < 1.29 is 9.84 Å². The smallest absolute Gasteiger partial charge is 0.136 e. The molecule has 0 aliphatic carbocycles. The van der Waals surface area contributed by atoms with Crippen molar-refractivity contribution in [1.82, 2.24) is 9.97 Å². The average Bonchev–Trinajstić information content (AvgIpc) is 2.58. The summed E-state index contributed by atoms with van der Waals surface area (Å²) in [6, 6.07) is 14.3. The summed E-state index contributed by atoms with van der Waals surface area (Å²) in [7, 11) is 1.62. The fraction of sp³-hybridized carbons (Fsp3) is 0.0588. The van der Waals surface area contributed by atoms with Gasteiger partial charge in [0.2, 0.25) is 0 Å². The van der Waals surface area contributed by atoms with Crippen molar-refractivity contribution in [2.45, 2.75) is 0 Å². The molecule has 24 heavy (non-hydrogen) atoms. The van der Waals surface area contributed by atoms with Gasteiger partial charge >= 0.3 is 0 Å². The van der Waals surface area contributed by atoms with Gasteiger partial charge < -0.3 is 15.2 Å². The van der Waals surface area contributed by atoms with E-state index in [1.165, 1.54) is 12.4 Å². The summed E-state index contributed by atoms with van der Waals surface area (Å²) in [6.07, 6.45) is 1.47. The predicted octanol–water partition coefficient (Wildman–Crippen LogP) is 4.68. The lowest BCUT2D eigenvalue weighted by molar-refractivity contribution is 0.416. The molecule has 0 amide bonds. The van der Waals surface area contributed by atoms with Crippen LogP contribution in [-0.4, -0.2) is 22.2 Å². The summed E-state index contributed by atoms with van der Waals surface area (Å²) < 4.78 is 5.36. The number of benzene rings is 2. The van der Waals surface area contributed by atoms with Crippen molar-refractivity contribution in [2.24, 2.45) is 0 Å². The van der Waals surface area contributed by atoms with Crippen molar-refractivity contribution in [3.8, 4) is 22.8 Å². The van der Waals surface area contributed by atoms with E-state index in [0.29, 0.717) is 16.5 Å². The Bertz CT molecular complexity index is 844. The monoisotopic (exact) mass is 363 g/mol. The van der Waals surface area contributed by atoms with Crippen molar-refractivity contribution in [2.75, 3.05) is 12.4 Å². The van der Waals surface area contributed by atoms with E-state index in [9.17, 15) is 5.11 Å². The van der Waals surface area contributed by atoms with Gasteiger partial charge in [0.1, 0.15) is 23.6 Å². The molecule has 0 bridgehead atoms. The van der Waals surface area contributed by atoms with Gasteiger partial charge in [-0.2, -0.15) is 0 Å². The second kappa shape index (κ2) is 7.86. The van der Waals surface area contributed by atoms with Gasteiger partial charge in [0.15, 0.2) is 0 Å². The number of methoxy groups -OCH3 is 1. The fourth-order valence-corrected chi connectivity index (χ4v) is 2.29. The molecule has 1 aromatic heterocycles. The standard InChI is InChI=1S/C17H14ClN3O2.ClH/c1-23-16-5-3-2-4-12(16)14-9-17(20-10-19-14)21-11-6-7-13(18)15(22)8-11;/h2-10,22H,1H3,(H,19,20,21);1H. The van der Waals surface area contributed by atoms with Crippen molar-refractivity contribution >= 4 is 35.5 Å². The van der Waals surface area contributed by atoms with Crippen LogP contribution in [0.4, 0.5) is 11.5 Å². The number of aromatic hydroxyl groups is 1. The molecule has 0 aliphatic heterocycles. The van der Waals surface area contributed by atoms with Crippen LogP contribution < -0.4 is 10.1 Å². The highest BCUT2D eigenvalue weighted by atomic mass is 35.5. The second-order valence-electron chi connectivity index (χ2n) is 4.78. The molecule has 2 aromatic carbocycles. The van der Waals surface area contributed by atoms with Gasteiger partial charge in [-0.3, -0.25) is 0 Å². The van der Waals surface area contributed by atoms with Crippen LogP contribution in [0, 0.1) is 0 Å². The molecule has 0 radical (unpaired) electrons. The van der Waals surface area contributed by atoms with E-state index in [1.807, 2.05) is 30.3 Å². The first-order chi connectivity index (χ1) is 11.2. The lowest BCUT2D eigenvalue weighted by Gasteiger charge is -2.10. The zero-order valence-electron chi connectivity index (χ0n) is 12.7. The van der Waals surface area contributed by atoms with Gasteiger partial charge in [-0.05, 0) is 24.3 Å². The minimum atomic E-state index is 0. The third-order valence-corrected chi connectivity index (χ3v) is 3.59. The van der Waals surface area contributed by atoms with Crippen LogP contribution in [-0.2, 0) is 0 Å². The molecule has 2 N–H and O–H groups in total. The number of ether oxygens (including phenoxy) is 1. The first-order valence-electron chi connectivity index (χ1n) is 6.88. The van der Waals surface area contributed by atoms with E-state index >= 15 is 0 Å². The number of anilines is 2. The number of halogens is 2. The molecule has 7 heteroatoms. The maximum absolute atomic E-state index is 9.66. The zero-order valence-corrected chi connectivity index (χ0v) is 14.3. The fourth-order valence-electron chi connectivity index (χ4n) is 2.17. The third-order valence-electron chi connectivity index (χ3n) is 3.27. The van der Waals surface area contributed by atoms with Crippen LogP contribution >= 0.6 is 24.0 Å². The highest BCUT2D eigenvalue weighted by Crippen LogP contribution is 2.30. The Kier molecular flexibility index (Phi) is 5.84. The normalized spacial score (nSPS) is 9.92. The van der Waals surface area contributed by atoms with Crippen LogP contribution in [0.25, 0.3) is 11.3 Å². The topological polar surface area (TPSA) is 67.3 Å². The molecule has 0 fully saturated rings. The summed E-state index contributed by atoms with van der Waals surface area (Å²) in [4.78, 5) is 8.48. The third kappa shape index (κ3) is 3.88. The largest absolute Gasteiger partial charge is 0.506 e. The molecular weight excluding hydrogens is 349 g/mol. The Morgan fingerprint density at radius 3 is 2.62 bits per heavy atom. The van der Waals surface area contributed by atoms with Gasteiger partial charge in [0.25, 0.3) is 0 Å². The van der Waals surface area contributed by atoms with Crippen molar-refractivity contribution in [1.29, 1.82) is 0 Å². The van der Waals surface area contributed by atoms with E-state index < -0.39 is 0 Å². The molecule has 5 nitrogen and oxygen atoms in total. The number of phenols is 1. The summed E-state index contributed by atoms with van der Waals surface area (Å²) in [5, 5.41) is 13.1. The van der Waals surface area contributed by atoms with Gasteiger partial charge in [-0.1, -0.05) is 23.7 Å². The molecular formula is C17H15Cl2N3O2. The molecule has 0 atom stereocenters. The number of nitrogens with zero attached hydrogens (tertiary/aromatic N) is 2. The maximum Gasteiger partial charge on any atom is 0.136 e. The first kappa shape index (κ1) is 17.8. The molecule has 0 spiro atoms. The quantitative estimate of drug-likeness (QED) is 0.704. The highest BCUT2D eigenvalue weighted by molar-refractivity contribution is 6.32. The molecule has 1 heterocycles. The lowest BCUT2D eigenvalue weighted by atomic mass is 10.1. The number of rotatable bonds is 4. The predicted molar refractivity (Wildman–Crippen MR) is 97.7 cm³/mol. The van der Waals surface area contributed by atoms with E-state index in [2.05, 4.69) is 15.3 Å². The first-order valence-corrected chi connectivity index (χ1v) is 7.26. The Morgan fingerprint density at radius 1 is 1.08 bits per heavy atom. The minimum absolute atomic E-state index is 0. The average molecular weight is 364 g/mol. The maximum atomic E-state index is 9.66. The SMILES string of the molecule is COc1ccccc1-c1cc(Nc2ccc(Cl)c(O)c2)ncn1.Cl. The molecule has 0 aliphatic rings. The lowest BCUT2D eigenvalue weighted by Crippen LogP contribution is -1.96. The van der Waals surface area contributed by atoms with E-state index in [0.717, 1.165) is 17.0 Å². The number of hydrogen-bond acceptors (Lipinski definition) is 5. The molecule has 3 aromatic rings. The van der Waals surface area contributed by atoms with Gasteiger partial charge in [0.05, 0.1) is 17.8 Å². The zero-order chi connectivity index (χ0) is 16.2. The van der Waals surface area contributed by atoms with Crippen LogP contribution in [0.1, 0.15) is 0 Å². The van der Waals surface area contributed by atoms with Crippen molar-refractivity contribution in [3.63, 3.8) is 0 Å². The number of phenolic OH excluding ortho intramolecular Hbond substituents is 1. The molecule has 124 valence electrons. The van der Waals surface area contributed by atoms with Crippen LogP contribution in [0.5, 0.6) is 11.5 Å². The van der Waals surface area contributed by atoms with Crippen LogP contribution in [0.15, 0.2) is 54.9 Å². The van der Waals surface area contributed by atoms with Gasteiger partial charge in [-0.15, -0.1) is 12.4 Å². The molecule has 0 saturated heterocycles. The molecule has 0 saturated carbocycles. The summed E-state index contributed by atoms with van der Waals surface area (Å²) in [6.45, 7) is 0. The molecule has 0 unspecified atom stereocenters. The van der Waals surface area contributed by atoms with E-state index in [1.54, 1.807) is 19.2 Å². The number of para-hydroxylation sites is 1. The number of aromatic nitrogens is 2. The Hall–Kier alpha value is -2.50. The van der Waals surface area contributed by atoms with Crippen molar-refractivity contribution in [3.05, 3.63) is 59.9 Å². The van der Waals surface area contributed by atoms with Gasteiger partial charge in [-0.25, -0.2) is 9.97 Å². The number of nitrogens with one attached hydrogen (secondary N) is 1. The minimum Gasteiger partial charge on any atom is -0.506 e. The van der Waals surface area contributed by atoms with E-state index in [4.69, 9.17) is 16.3 Å². The summed E-state index contributed by atoms with van der Waals surface area (Å²) in [5.74, 6) is 1.35. The van der Waals surface area contributed by atoms with Gasteiger partial charge in [0, 0.05) is 23.4 Å². The highest BCUT2D eigenvalue weighted by Gasteiger charge is 2.08. The summed E-state index contributed by atoms with van der Waals surface area (Å²) >= 11 is 5.80. The Labute approximate surface area is 150 Å². The second-order valence-corrected chi connectivity index (χ2v) is 5.19. The summed E-state index contributed by atoms with van der Waals surface area (Å²) in [5.41, 5.74) is 2.29. The molecule has 3 rings (SSSR count). The van der Waals surface area contributed by atoms with E-state index in [-0.39, 0.29) is 18.2 Å². The Balaban J connectivity index is 0.00000208. The Morgan fingerprint density at radius 2 is 1.88 bits per heavy atom. The van der Waals surface area contributed by atoms with Crippen LogP contribution in [0.2, 0.25) is 5.02 Å². The van der Waals surface area contributed by atoms with Crippen LogP contribution in [0.3, 0.4) is 0 Å². The number of hydrogen-bond donors (Lipinski definition) is 2.